The number of rotatable bonds is 4. The minimum atomic E-state index is -0.00214. The number of amides is 2. The second-order valence-electron chi connectivity index (χ2n) is 8.70. The molecule has 2 fully saturated rings. The SMILES string of the molecule is Cc1nc(C#N)c(N2CCN(C(=O)CN3CCN(C(=O)c4cc5ccccc5[nH]4)CC3)CC2)o1. The first kappa shape index (κ1) is 22.0. The Hall–Kier alpha value is -3.84. The first-order chi connectivity index (χ1) is 16.5. The Morgan fingerprint density at radius 1 is 1.06 bits per heavy atom. The monoisotopic (exact) mass is 461 g/mol. The highest BCUT2D eigenvalue weighted by atomic mass is 16.4. The summed E-state index contributed by atoms with van der Waals surface area (Å²) in [6.45, 7) is 6.93. The zero-order valence-electron chi connectivity index (χ0n) is 19.2. The molecule has 34 heavy (non-hydrogen) atoms. The average molecular weight is 462 g/mol. The third kappa shape index (κ3) is 4.34. The molecule has 0 radical (unpaired) electrons. The van der Waals surface area contributed by atoms with Crippen molar-refractivity contribution in [3.05, 3.63) is 47.6 Å². The number of nitriles is 1. The van der Waals surface area contributed by atoms with E-state index >= 15 is 0 Å². The van der Waals surface area contributed by atoms with E-state index in [4.69, 9.17) is 4.42 Å². The molecule has 2 aromatic heterocycles. The second kappa shape index (κ2) is 9.19. The molecule has 176 valence electrons. The molecule has 4 heterocycles. The van der Waals surface area contributed by atoms with Gasteiger partial charge in [0.25, 0.3) is 5.91 Å². The first-order valence-electron chi connectivity index (χ1n) is 11.5. The van der Waals surface area contributed by atoms with Crippen LogP contribution in [0.3, 0.4) is 0 Å². The molecule has 0 unspecified atom stereocenters. The predicted octanol–water partition coefficient (Wildman–Crippen LogP) is 1.44. The molecule has 10 heteroatoms. The Bertz CT molecular complexity index is 1210. The van der Waals surface area contributed by atoms with E-state index in [1.807, 2.05) is 45.0 Å². The quantitative estimate of drug-likeness (QED) is 0.626. The van der Waals surface area contributed by atoms with Crippen LogP contribution < -0.4 is 4.90 Å². The van der Waals surface area contributed by atoms with Crippen molar-refractivity contribution < 1.29 is 14.0 Å². The van der Waals surface area contributed by atoms with Crippen LogP contribution in [0.1, 0.15) is 22.1 Å². The van der Waals surface area contributed by atoms with Crippen molar-refractivity contribution in [2.45, 2.75) is 6.92 Å². The van der Waals surface area contributed by atoms with E-state index in [0.29, 0.717) is 76.4 Å². The van der Waals surface area contributed by atoms with Gasteiger partial charge < -0.3 is 24.1 Å². The third-order valence-corrected chi connectivity index (χ3v) is 6.52. The molecule has 0 bridgehead atoms. The number of aryl methyl sites for hydroxylation is 1. The molecule has 2 saturated heterocycles. The molecule has 10 nitrogen and oxygen atoms in total. The maximum Gasteiger partial charge on any atom is 0.270 e. The summed E-state index contributed by atoms with van der Waals surface area (Å²) in [5.74, 6) is 1.04. The summed E-state index contributed by atoms with van der Waals surface area (Å²) in [6, 6.07) is 11.8. The number of benzene rings is 1. The topological polar surface area (TPSA) is 113 Å². The van der Waals surface area contributed by atoms with Crippen molar-refractivity contribution in [2.24, 2.45) is 0 Å². The number of hydrogen-bond donors (Lipinski definition) is 1. The summed E-state index contributed by atoms with van der Waals surface area (Å²) >= 11 is 0. The van der Waals surface area contributed by atoms with Crippen molar-refractivity contribution in [3.8, 4) is 6.07 Å². The summed E-state index contributed by atoms with van der Waals surface area (Å²) in [7, 11) is 0. The van der Waals surface area contributed by atoms with Crippen molar-refractivity contribution in [1.29, 1.82) is 5.26 Å². The van der Waals surface area contributed by atoms with Gasteiger partial charge in [-0.05, 0) is 12.1 Å². The summed E-state index contributed by atoms with van der Waals surface area (Å²) < 4.78 is 5.59. The summed E-state index contributed by atoms with van der Waals surface area (Å²) in [5, 5.41) is 10.3. The Balaban J connectivity index is 1.10. The normalized spacial score (nSPS) is 17.2. The van der Waals surface area contributed by atoms with Gasteiger partial charge in [0.15, 0.2) is 5.89 Å². The van der Waals surface area contributed by atoms with E-state index in [1.165, 1.54) is 0 Å². The smallest absolute Gasteiger partial charge is 0.270 e. The lowest BCUT2D eigenvalue weighted by atomic mass is 10.2. The van der Waals surface area contributed by atoms with E-state index in [0.717, 1.165) is 10.9 Å². The van der Waals surface area contributed by atoms with Gasteiger partial charge in [-0.25, -0.2) is 4.98 Å². The van der Waals surface area contributed by atoms with Crippen LogP contribution in [0, 0.1) is 18.3 Å². The number of oxazole rings is 1. The Morgan fingerprint density at radius 2 is 1.76 bits per heavy atom. The van der Waals surface area contributed by atoms with Crippen molar-refractivity contribution >= 4 is 28.6 Å². The number of aromatic amines is 1. The van der Waals surface area contributed by atoms with Crippen molar-refractivity contribution in [1.82, 2.24) is 24.7 Å². The molecule has 2 aliphatic heterocycles. The molecule has 2 amide bonds. The largest absolute Gasteiger partial charge is 0.424 e. The van der Waals surface area contributed by atoms with Crippen LogP contribution in [0.5, 0.6) is 0 Å². The second-order valence-corrected chi connectivity index (χ2v) is 8.70. The van der Waals surface area contributed by atoms with Crippen molar-refractivity contribution in [2.75, 3.05) is 63.8 Å². The van der Waals surface area contributed by atoms with E-state index in [1.54, 1.807) is 6.92 Å². The summed E-state index contributed by atoms with van der Waals surface area (Å²) in [6.07, 6.45) is 0. The fourth-order valence-electron chi connectivity index (χ4n) is 4.62. The van der Waals surface area contributed by atoms with E-state index < -0.39 is 0 Å². The van der Waals surface area contributed by atoms with Gasteiger partial charge in [-0.3, -0.25) is 14.5 Å². The first-order valence-corrected chi connectivity index (χ1v) is 11.5. The highest BCUT2D eigenvalue weighted by molar-refractivity contribution is 5.98. The number of anilines is 1. The minimum Gasteiger partial charge on any atom is -0.424 e. The zero-order chi connectivity index (χ0) is 23.7. The van der Waals surface area contributed by atoms with Crippen LogP contribution >= 0.6 is 0 Å². The van der Waals surface area contributed by atoms with Crippen LogP contribution in [0.4, 0.5) is 5.88 Å². The van der Waals surface area contributed by atoms with Gasteiger partial charge in [0.05, 0.1) is 6.54 Å². The number of carbonyl (C=O) groups is 2. The van der Waals surface area contributed by atoms with Gasteiger partial charge in [0, 0.05) is 70.2 Å². The molecule has 5 rings (SSSR count). The molecule has 3 aromatic rings. The fourth-order valence-corrected chi connectivity index (χ4v) is 4.62. The highest BCUT2D eigenvalue weighted by Gasteiger charge is 2.28. The fraction of sp³-hybridized carbons (Fsp3) is 0.417. The number of piperazine rings is 2. The van der Waals surface area contributed by atoms with E-state index in [2.05, 4.69) is 20.9 Å². The molecular formula is C24H27N7O3. The van der Waals surface area contributed by atoms with E-state index in [-0.39, 0.29) is 17.5 Å². The lowest BCUT2D eigenvalue weighted by Crippen LogP contribution is -2.54. The highest BCUT2D eigenvalue weighted by Crippen LogP contribution is 2.23. The maximum absolute atomic E-state index is 12.9. The lowest BCUT2D eigenvalue weighted by Gasteiger charge is -2.37. The van der Waals surface area contributed by atoms with Gasteiger partial charge >= 0.3 is 0 Å². The Labute approximate surface area is 197 Å². The van der Waals surface area contributed by atoms with Gasteiger partial charge in [-0.1, -0.05) is 18.2 Å². The lowest BCUT2D eigenvalue weighted by molar-refractivity contribution is -0.133. The summed E-state index contributed by atoms with van der Waals surface area (Å²) in [5.41, 5.74) is 1.85. The van der Waals surface area contributed by atoms with Crippen LogP contribution in [0.15, 0.2) is 34.7 Å². The molecule has 0 spiro atoms. The number of hydrogen-bond acceptors (Lipinski definition) is 7. The van der Waals surface area contributed by atoms with Crippen molar-refractivity contribution in [3.63, 3.8) is 0 Å². The van der Waals surface area contributed by atoms with Crippen LogP contribution in [-0.4, -0.2) is 95.4 Å². The number of fused-ring (bicyclic) bond motifs is 1. The maximum atomic E-state index is 12.9. The van der Waals surface area contributed by atoms with Crippen LogP contribution in [-0.2, 0) is 4.79 Å². The van der Waals surface area contributed by atoms with Gasteiger partial charge in [0.2, 0.25) is 17.5 Å². The standard InChI is InChI=1S/C24H27N7O3/c1-17-26-21(15-25)24(34-17)31-12-10-29(11-13-31)22(32)16-28-6-8-30(9-7-28)23(33)20-14-18-4-2-3-5-19(18)27-20/h2-5,14,27H,6-13,16H2,1H3. The molecule has 0 atom stereocenters. The zero-order valence-corrected chi connectivity index (χ0v) is 19.2. The molecular weight excluding hydrogens is 434 g/mol. The van der Waals surface area contributed by atoms with Gasteiger partial charge in [0.1, 0.15) is 11.8 Å². The third-order valence-electron chi connectivity index (χ3n) is 6.52. The van der Waals surface area contributed by atoms with E-state index in [9.17, 15) is 14.9 Å². The molecule has 2 aliphatic rings. The number of nitrogens with one attached hydrogen (secondary N) is 1. The number of H-pyrrole nitrogens is 1. The Kier molecular flexibility index (Phi) is 5.94. The predicted molar refractivity (Wildman–Crippen MR) is 125 cm³/mol. The van der Waals surface area contributed by atoms with Gasteiger partial charge in [-0.15, -0.1) is 0 Å². The minimum absolute atomic E-state index is 0.00214. The molecule has 0 saturated carbocycles. The number of nitrogens with zero attached hydrogens (tertiary/aromatic N) is 6. The molecule has 1 aromatic carbocycles. The number of aromatic nitrogens is 2. The molecule has 1 N–H and O–H groups in total. The van der Waals surface area contributed by atoms with Gasteiger partial charge in [-0.2, -0.15) is 5.26 Å². The number of carbonyl (C=O) groups excluding carboxylic acids is 2. The molecule has 0 aliphatic carbocycles. The van der Waals surface area contributed by atoms with Crippen LogP contribution in [0.2, 0.25) is 0 Å². The number of para-hydroxylation sites is 1. The average Bonchev–Trinajstić information content (AvgIpc) is 3.47. The summed E-state index contributed by atoms with van der Waals surface area (Å²) in [4.78, 5) is 40.8. The Morgan fingerprint density at radius 3 is 2.47 bits per heavy atom. The van der Waals surface area contributed by atoms with Crippen LogP contribution in [0.25, 0.3) is 10.9 Å².